The van der Waals surface area contributed by atoms with Crippen molar-refractivity contribution in [1.82, 2.24) is 4.90 Å². The first kappa shape index (κ1) is 12.5. The highest BCUT2D eigenvalue weighted by molar-refractivity contribution is 5.69. The molecule has 88 valence electrons. The van der Waals surface area contributed by atoms with E-state index in [2.05, 4.69) is 23.5 Å². The molecule has 0 aromatic heterocycles. The fraction of sp³-hybridized carbons (Fsp3) is 0.909. The molecule has 0 aromatic rings. The second kappa shape index (κ2) is 5.47. The summed E-state index contributed by atoms with van der Waals surface area (Å²) < 4.78 is 10.0. The minimum Gasteiger partial charge on any atom is -0.469 e. The molecule has 0 aromatic carbocycles. The molecule has 0 amide bonds. The van der Waals surface area contributed by atoms with Crippen LogP contribution >= 0.6 is 0 Å². The summed E-state index contributed by atoms with van der Waals surface area (Å²) >= 11 is 0. The Kier molecular flexibility index (Phi) is 4.54. The summed E-state index contributed by atoms with van der Waals surface area (Å²) in [5, 5.41) is 0. The second-order valence-electron chi connectivity index (χ2n) is 4.53. The molecule has 0 aliphatic carbocycles. The molecular formula is C11H21NO3. The molecule has 0 atom stereocenters. The molecule has 1 saturated heterocycles. The van der Waals surface area contributed by atoms with E-state index in [1.165, 1.54) is 7.11 Å². The zero-order chi connectivity index (χ0) is 11.3. The molecule has 0 radical (unpaired) electrons. The topological polar surface area (TPSA) is 38.8 Å². The second-order valence-corrected chi connectivity index (χ2v) is 4.53. The molecule has 1 heterocycles. The smallest absolute Gasteiger partial charge is 0.305 e. The van der Waals surface area contributed by atoms with E-state index in [0.717, 1.165) is 32.7 Å². The summed E-state index contributed by atoms with van der Waals surface area (Å²) in [7, 11) is 1.43. The van der Waals surface area contributed by atoms with Crippen LogP contribution in [-0.2, 0) is 14.3 Å². The third-order valence-corrected chi connectivity index (χ3v) is 2.85. The normalized spacial score (nSPS) is 21.3. The van der Waals surface area contributed by atoms with Crippen LogP contribution in [0.3, 0.4) is 0 Å². The Hall–Kier alpha value is -0.610. The van der Waals surface area contributed by atoms with Crippen LogP contribution < -0.4 is 0 Å². The number of morpholine rings is 1. The molecule has 4 nitrogen and oxygen atoms in total. The predicted octanol–water partition coefficient (Wildman–Crippen LogP) is 1.05. The molecule has 1 rings (SSSR count). The first-order valence-corrected chi connectivity index (χ1v) is 5.46. The van der Waals surface area contributed by atoms with E-state index in [4.69, 9.17) is 4.74 Å². The van der Waals surface area contributed by atoms with Gasteiger partial charge in [-0.1, -0.05) is 0 Å². The van der Waals surface area contributed by atoms with Crippen molar-refractivity contribution in [2.75, 3.05) is 33.4 Å². The highest BCUT2D eigenvalue weighted by Crippen LogP contribution is 2.19. The van der Waals surface area contributed by atoms with Crippen molar-refractivity contribution in [2.45, 2.75) is 32.2 Å². The van der Waals surface area contributed by atoms with Crippen molar-refractivity contribution < 1.29 is 14.3 Å². The van der Waals surface area contributed by atoms with Gasteiger partial charge < -0.3 is 9.47 Å². The molecule has 0 N–H and O–H groups in total. The van der Waals surface area contributed by atoms with Gasteiger partial charge in [0.2, 0.25) is 0 Å². The standard InChI is InChI=1S/C11H21NO3/c1-11(2)9-15-8-7-12(11)6-4-5-10(13)14-3/h4-9H2,1-3H3. The lowest BCUT2D eigenvalue weighted by atomic mass is 10.0. The lowest BCUT2D eigenvalue weighted by molar-refractivity contribution is -0.141. The van der Waals surface area contributed by atoms with E-state index >= 15 is 0 Å². The van der Waals surface area contributed by atoms with E-state index in [-0.39, 0.29) is 11.5 Å². The fourth-order valence-electron chi connectivity index (χ4n) is 1.82. The molecular weight excluding hydrogens is 194 g/mol. The maximum absolute atomic E-state index is 10.9. The minimum atomic E-state index is -0.124. The van der Waals surface area contributed by atoms with Crippen molar-refractivity contribution in [3.05, 3.63) is 0 Å². The summed E-state index contributed by atoms with van der Waals surface area (Å²) in [5.74, 6) is -0.124. The number of nitrogens with zero attached hydrogens (tertiary/aromatic N) is 1. The molecule has 1 fully saturated rings. The van der Waals surface area contributed by atoms with Crippen LogP contribution in [0.4, 0.5) is 0 Å². The van der Waals surface area contributed by atoms with Crippen molar-refractivity contribution in [2.24, 2.45) is 0 Å². The molecule has 15 heavy (non-hydrogen) atoms. The lowest BCUT2D eigenvalue weighted by Gasteiger charge is -2.42. The van der Waals surface area contributed by atoms with Gasteiger partial charge in [0.1, 0.15) is 0 Å². The maximum atomic E-state index is 10.9. The van der Waals surface area contributed by atoms with Gasteiger partial charge in [-0.05, 0) is 26.8 Å². The highest BCUT2D eigenvalue weighted by Gasteiger charge is 2.29. The Balaban J connectivity index is 2.27. The van der Waals surface area contributed by atoms with Crippen molar-refractivity contribution >= 4 is 5.97 Å². The first-order valence-electron chi connectivity index (χ1n) is 5.46. The van der Waals surface area contributed by atoms with Gasteiger partial charge in [-0.25, -0.2) is 0 Å². The van der Waals surface area contributed by atoms with Crippen molar-refractivity contribution in [3.63, 3.8) is 0 Å². The molecule has 0 saturated carbocycles. The van der Waals surface area contributed by atoms with Gasteiger partial charge in [0.25, 0.3) is 0 Å². The third kappa shape index (κ3) is 3.80. The number of esters is 1. The van der Waals surface area contributed by atoms with Gasteiger partial charge in [0.15, 0.2) is 0 Å². The molecule has 0 bridgehead atoms. The Morgan fingerprint density at radius 3 is 2.87 bits per heavy atom. The Morgan fingerprint density at radius 1 is 1.53 bits per heavy atom. The molecule has 1 aliphatic heterocycles. The Morgan fingerprint density at radius 2 is 2.27 bits per heavy atom. The first-order chi connectivity index (χ1) is 7.06. The fourth-order valence-corrected chi connectivity index (χ4v) is 1.82. The molecule has 4 heteroatoms. The summed E-state index contributed by atoms with van der Waals surface area (Å²) in [5.41, 5.74) is 0.0916. The van der Waals surface area contributed by atoms with E-state index in [0.29, 0.717) is 6.42 Å². The van der Waals surface area contributed by atoms with Gasteiger partial charge in [-0.15, -0.1) is 0 Å². The Bertz CT molecular complexity index is 216. The monoisotopic (exact) mass is 215 g/mol. The summed E-state index contributed by atoms with van der Waals surface area (Å²) in [6.45, 7) is 7.79. The number of hydrogen-bond acceptors (Lipinski definition) is 4. The van der Waals surface area contributed by atoms with Gasteiger partial charge in [0, 0.05) is 18.5 Å². The van der Waals surface area contributed by atoms with Crippen LogP contribution in [0.15, 0.2) is 0 Å². The maximum Gasteiger partial charge on any atom is 0.305 e. The van der Waals surface area contributed by atoms with E-state index in [1.54, 1.807) is 0 Å². The summed E-state index contributed by atoms with van der Waals surface area (Å²) in [6, 6.07) is 0. The number of carbonyl (C=O) groups excluding carboxylic acids is 1. The average Bonchev–Trinajstić information content (AvgIpc) is 2.20. The Labute approximate surface area is 91.5 Å². The highest BCUT2D eigenvalue weighted by atomic mass is 16.5. The number of carbonyl (C=O) groups is 1. The number of ether oxygens (including phenoxy) is 2. The quantitative estimate of drug-likeness (QED) is 0.657. The third-order valence-electron chi connectivity index (χ3n) is 2.85. The van der Waals surface area contributed by atoms with Gasteiger partial charge >= 0.3 is 5.97 Å². The zero-order valence-corrected chi connectivity index (χ0v) is 9.91. The molecule has 0 unspecified atom stereocenters. The van der Waals surface area contributed by atoms with Gasteiger partial charge in [-0.2, -0.15) is 0 Å². The van der Waals surface area contributed by atoms with E-state index in [9.17, 15) is 4.79 Å². The SMILES string of the molecule is COC(=O)CCCN1CCOCC1(C)C. The van der Waals surface area contributed by atoms with Crippen molar-refractivity contribution in [1.29, 1.82) is 0 Å². The van der Waals surface area contributed by atoms with Crippen LogP contribution in [-0.4, -0.2) is 49.8 Å². The summed E-state index contributed by atoms with van der Waals surface area (Å²) in [6.07, 6.45) is 1.36. The van der Waals surface area contributed by atoms with Crippen molar-refractivity contribution in [3.8, 4) is 0 Å². The number of hydrogen-bond donors (Lipinski definition) is 0. The van der Waals surface area contributed by atoms with E-state index < -0.39 is 0 Å². The lowest BCUT2D eigenvalue weighted by Crippen LogP contribution is -2.53. The van der Waals surface area contributed by atoms with Crippen LogP contribution in [0.5, 0.6) is 0 Å². The van der Waals surface area contributed by atoms with Crippen LogP contribution in [0.2, 0.25) is 0 Å². The largest absolute Gasteiger partial charge is 0.469 e. The average molecular weight is 215 g/mol. The number of rotatable bonds is 4. The van der Waals surface area contributed by atoms with E-state index in [1.807, 2.05) is 0 Å². The van der Waals surface area contributed by atoms with Crippen LogP contribution in [0.1, 0.15) is 26.7 Å². The molecule has 0 spiro atoms. The number of methoxy groups -OCH3 is 1. The molecule has 1 aliphatic rings. The minimum absolute atomic E-state index is 0.0916. The van der Waals surface area contributed by atoms with Crippen LogP contribution in [0, 0.1) is 0 Å². The summed E-state index contributed by atoms with van der Waals surface area (Å²) in [4.78, 5) is 13.3. The predicted molar refractivity (Wildman–Crippen MR) is 57.7 cm³/mol. The van der Waals surface area contributed by atoms with Crippen LogP contribution in [0.25, 0.3) is 0 Å². The zero-order valence-electron chi connectivity index (χ0n) is 9.91. The van der Waals surface area contributed by atoms with Gasteiger partial charge in [0.05, 0.1) is 20.3 Å². The van der Waals surface area contributed by atoms with Gasteiger partial charge in [-0.3, -0.25) is 9.69 Å².